The first-order valence-corrected chi connectivity index (χ1v) is 8.23. The van der Waals surface area contributed by atoms with Crippen LogP contribution >= 0.6 is 27.7 Å². The maximum atomic E-state index is 8.77. The molecule has 1 unspecified atom stereocenters. The first-order valence-electron chi connectivity index (χ1n) is 6.45. The third kappa shape index (κ3) is 5.31. The summed E-state index contributed by atoms with van der Waals surface area (Å²) in [6.45, 7) is 5.68. The quantitative estimate of drug-likeness (QED) is 0.558. The van der Waals surface area contributed by atoms with Crippen LogP contribution in [0.3, 0.4) is 0 Å². The van der Waals surface area contributed by atoms with Crippen molar-refractivity contribution >= 4 is 27.7 Å². The van der Waals surface area contributed by atoms with Crippen molar-refractivity contribution < 1.29 is 5.11 Å². The van der Waals surface area contributed by atoms with Gasteiger partial charge in [0.15, 0.2) is 0 Å². The van der Waals surface area contributed by atoms with Crippen molar-refractivity contribution in [3.8, 4) is 0 Å². The van der Waals surface area contributed by atoms with E-state index < -0.39 is 0 Å². The minimum absolute atomic E-state index is 0.268. The van der Waals surface area contributed by atoms with Crippen molar-refractivity contribution in [2.45, 2.75) is 37.6 Å². The van der Waals surface area contributed by atoms with Crippen LogP contribution in [0.25, 0.3) is 0 Å². The second-order valence-corrected chi connectivity index (χ2v) is 6.31. The molecule has 0 radical (unpaired) electrons. The van der Waals surface area contributed by atoms with Gasteiger partial charge in [0.2, 0.25) is 0 Å². The molecule has 1 atom stereocenters. The number of rotatable bonds is 8. The molecular weight excluding hydrogens is 310 g/mol. The number of nitrogens with one attached hydrogen (secondary N) is 1. The number of aliphatic hydroxyl groups excluding tert-OH is 1. The van der Waals surface area contributed by atoms with E-state index in [1.807, 2.05) is 0 Å². The highest BCUT2D eigenvalue weighted by Gasteiger charge is 2.09. The van der Waals surface area contributed by atoms with Gasteiger partial charge in [0.1, 0.15) is 0 Å². The molecule has 2 nitrogen and oxygen atoms in total. The Hall–Kier alpha value is -0.0300. The lowest BCUT2D eigenvalue weighted by molar-refractivity contribution is 0.296. The molecule has 0 fully saturated rings. The Morgan fingerprint density at radius 3 is 2.83 bits per heavy atom. The SMILES string of the molecule is CCCNC(C)c1ccc(SCCCO)cc1Br. The zero-order valence-corrected chi connectivity index (χ0v) is 13.5. The number of aliphatic hydroxyl groups is 1. The highest BCUT2D eigenvalue weighted by molar-refractivity contribution is 9.10. The predicted octanol–water partition coefficient (Wildman–Crippen LogP) is 3.98. The summed E-state index contributed by atoms with van der Waals surface area (Å²) < 4.78 is 1.16. The Bertz CT molecular complexity index is 360. The predicted molar refractivity (Wildman–Crippen MR) is 83.3 cm³/mol. The molecule has 4 heteroatoms. The van der Waals surface area contributed by atoms with E-state index in [0.717, 1.165) is 29.6 Å². The average Bonchev–Trinajstić information content (AvgIpc) is 2.36. The van der Waals surface area contributed by atoms with Gasteiger partial charge < -0.3 is 10.4 Å². The van der Waals surface area contributed by atoms with Gasteiger partial charge in [-0.25, -0.2) is 0 Å². The molecule has 0 aliphatic rings. The van der Waals surface area contributed by atoms with Crippen LogP contribution in [0.2, 0.25) is 0 Å². The fourth-order valence-electron chi connectivity index (χ4n) is 1.67. The van der Waals surface area contributed by atoms with Crippen LogP contribution in [0.4, 0.5) is 0 Å². The molecule has 0 aromatic heterocycles. The minimum atomic E-state index is 0.268. The lowest BCUT2D eigenvalue weighted by Crippen LogP contribution is -2.19. The lowest BCUT2D eigenvalue weighted by atomic mass is 10.1. The molecule has 1 aromatic carbocycles. The van der Waals surface area contributed by atoms with Crippen LogP contribution < -0.4 is 5.32 Å². The molecule has 0 aliphatic heterocycles. The highest BCUT2D eigenvalue weighted by atomic mass is 79.9. The van der Waals surface area contributed by atoms with E-state index in [4.69, 9.17) is 5.11 Å². The average molecular weight is 332 g/mol. The lowest BCUT2D eigenvalue weighted by Gasteiger charge is -2.16. The topological polar surface area (TPSA) is 32.3 Å². The second-order valence-electron chi connectivity index (χ2n) is 4.28. The number of hydrogen-bond acceptors (Lipinski definition) is 3. The summed E-state index contributed by atoms with van der Waals surface area (Å²) in [7, 11) is 0. The summed E-state index contributed by atoms with van der Waals surface area (Å²) in [5.41, 5.74) is 1.30. The highest BCUT2D eigenvalue weighted by Crippen LogP contribution is 2.29. The summed E-state index contributed by atoms with van der Waals surface area (Å²) in [5.74, 6) is 0.964. The molecule has 18 heavy (non-hydrogen) atoms. The van der Waals surface area contributed by atoms with Gasteiger partial charge in [-0.05, 0) is 44.0 Å². The summed E-state index contributed by atoms with van der Waals surface area (Å²) in [6, 6.07) is 6.88. The van der Waals surface area contributed by atoms with Gasteiger partial charge in [-0.1, -0.05) is 28.9 Å². The van der Waals surface area contributed by atoms with Gasteiger partial charge >= 0.3 is 0 Å². The first-order chi connectivity index (χ1) is 8.69. The molecule has 1 aromatic rings. The van der Waals surface area contributed by atoms with Crippen molar-refractivity contribution in [2.24, 2.45) is 0 Å². The van der Waals surface area contributed by atoms with Crippen LogP contribution in [0.5, 0.6) is 0 Å². The number of thioether (sulfide) groups is 1. The monoisotopic (exact) mass is 331 g/mol. The van der Waals surface area contributed by atoms with Crippen molar-refractivity contribution in [2.75, 3.05) is 18.9 Å². The van der Waals surface area contributed by atoms with Crippen LogP contribution in [0.1, 0.15) is 38.3 Å². The Morgan fingerprint density at radius 2 is 2.22 bits per heavy atom. The Morgan fingerprint density at radius 1 is 1.44 bits per heavy atom. The second kappa shape index (κ2) is 8.97. The molecule has 0 spiro atoms. The molecule has 0 heterocycles. The summed E-state index contributed by atoms with van der Waals surface area (Å²) in [6.07, 6.45) is 2.00. The third-order valence-electron chi connectivity index (χ3n) is 2.71. The van der Waals surface area contributed by atoms with Crippen LogP contribution in [-0.2, 0) is 0 Å². The zero-order chi connectivity index (χ0) is 13.4. The summed E-state index contributed by atoms with van der Waals surface area (Å²) in [4.78, 5) is 1.25. The van der Waals surface area contributed by atoms with Crippen LogP contribution in [0.15, 0.2) is 27.6 Å². The summed E-state index contributed by atoms with van der Waals surface area (Å²) >= 11 is 5.43. The molecule has 102 valence electrons. The molecular formula is C14H22BrNOS. The number of benzene rings is 1. The zero-order valence-electron chi connectivity index (χ0n) is 11.1. The first kappa shape index (κ1) is 16.0. The van der Waals surface area contributed by atoms with Crippen molar-refractivity contribution in [3.63, 3.8) is 0 Å². The van der Waals surface area contributed by atoms with Gasteiger partial charge in [-0.2, -0.15) is 0 Å². The van der Waals surface area contributed by atoms with Crippen molar-refractivity contribution in [1.29, 1.82) is 0 Å². The Labute approximate surface area is 123 Å². The van der Waals surface area contributed by atoms with Crippen LogP contribution in [0, 0.1) is 0 Å². The molecule has 1 rings (SSSR count). The fraction of sp³-hybridized carbons (Fsp3) is 0.571. The van der Waals surface area contributed by atoms with E-state index >= 15 is 0 Å². The van der Waals surface area contributed by atoms with E-state index in [-0.39, 0.29) is 6.61 Å². The molecule has 0 saturated heterocycles. The van der Waals surface area contributed by atoms with E-state index in [1.165, 1.54) is 10.5 Å². The van der Waals surface area contributed by atoms with Gasteiger partial charge in [0.05, 0.1) is 0 Å². The maximum Gasteiger partial charge on any atom is 0.0439 e. The maximum absolute atomic E-state index is 8.77. The minimum Gasteiger partial charge on any atom is -0.396 e. The largest absolute Gasteiger partial charge is 0.396 e. The molecule has 0 aliphatic carbocycles. The fourth-order valence-corrected chi connectivity index (χ4v) is 3.42. The third-order valence-corrected chi connectivity index (χ3v) is 4.48. The van der Waals surface area contributed by atoms with Crippen molar-refractivity contribution in [1.82, 2.24) is 5.32 Å². The van der Waals surface area contributed by atoms with Crippen LogP contribution in [-0.4, -0.2) is 24.0 Å². The van der Waals surface area contributed by atoms with E-state index in [9.17, 15) is 0 Å². The molecule has 2 N–H and O–H groups in total. The standard InChI is InChI=1S/C14H22BrNOS/c1-3-7-16-11(2)13-6-5-12(10-14(13)15)18-9-4-8-17/h5-6,10-11,16-17H,3-4,7-9H2,1-2H3. The van der Waals surface area contributed by atoms with Gasteiger partial charge in [0.25, 0.3) is 0 Å². The Kier molecular flexibility index (Phi) is 7.98. The van der Waals surface area contributed by atoms with E-state index in [1.54, 1.807) is 11.8 Å². The van der Waals surface area contributed by atoms with E-state index in [2.05, 4.69) is 53.3 Å². The number of hydrogen-bond donors (Lipinski definition) is 2. The van der Waals surface area contributed by atoms with E-state index in [0.29, 0.717) is 6.04 Å². The molecule has 0 saturated carbocycles. The Balaban J connectivity index is 2.61. The van der Waals surface area contributed by atoms with Gasteiger partial charge in [-0.15, -0.1) is 11.8 Å². The normalized spacial score (nSPS) is 12.7. The van der Waals surface area contributed by atoms with Gasteiger partial charge in [-0.3, -0.25) is 0 Å². The number of halogens is 1. The van der Waals surface area contributed by atoms with Gasteiger partial charge in [0, 0.05) is 27.8 Å². The molecule has 0 bridgehead atoms. The smallest absolute Gasteiger partial charge is 0.0439 e. The van der Waals surface area contributed by atoms with Crippen molar-refractivity contribution in [3.05, 3.63) is 28.2 Å². The molecule has 0 amide bonds. The summed E-state index contributed by atoms with van der Waals surface area (Å²) in [5, 5.41) is 12.3.